The third-order valence-corrected chi connectivity index (χ3v) is 4.70. The van der Waals surface area contributed by atoms with E-state index < -0.39 is 0 Å². The highest BCUT2D eigenvalue weighted by Gasteiger charge is 2.22. The predicted octanol–water partition coefficient (Wildman–Crippen LogP) is 3.43. The number of halogens is 1. The van der Waals surface area contributed by atoms with Crippen LogP contribution in [0, 0.1) is 5.82 Å². The SMILES string of the molecule is CCc1nsc(N2CCC(OCc3ccc(F)cc3)CC2)n1. The standard InChI is InChI=1S/C16H20FN3OS/c1-2-15-18-16(22-19-15)20-9-7-14(8-10-20)21-11-12-3-5-13(17)6-4-12/h3-6,14H,2,7-11H2,1H3. The average Bonchev–Trinajstić information content (AvgIpc) is 3.04. The van der Waals surface area contributed by atoms with Crippen LogP contribution < -0.4 is 4.90 Å². The Balaban J connectivity index is 1.46. The molecule has 0 amide bonds. The van der Waals surface area contributed by atoms with E-state index >= 15 is 0 Å². The molecule has 118 valence electrons. The summed E-state index contributed by atoms with van der Waals surface area (Å²) in [5, 5.41) is 1.02. The second kappa shape index (κ2) is 7.15. The quantitative estimate of drug-likeness (QED) is 0.846. The zero-order chi connectivity index (χ0) is 15.4. The first-order valence-corrected chi connectivity index (χ1v) is 8.45. The van der Waals surface area contributed by atoms with Crippen molar-refractivity contribution in [3.05, 3.63) is 41.5 Å². The van der Waals surface area contributed by atoms with Gasteiger partial charge >= 0.3 is 0 Å². The van der Waals surface area contributed by atoms with Crippen LogP contribution in [0.15, 0.2) is 24.3 Å². The molecule has 1 aromatic carbocycles. The third kappa shape index (κ3) is 3.81. The molecule has 2 heterocycles. The molecular weight excluding hydrogens is 301 g/mol. The minimum Gasteiger partial charge on any atom is -0.373 e. The van der Waals surface area contributed by atoms with Crippen molar-refractivity contribution in [1.82, 2.24) is 9.36 Å². The van der Waals surface area contributed by atoms with Crippen molar-refractivity contribution in [2.45, 2.75) is 38.9 Å². The van der Waals surface area contributed by atoms with E-state index in [1.54, 1.807) is 12.1 Å². The van der Waals surface area contributed by atoms with Crippen molar-refractivity contribution >= 4 is 16.7 Å². The van der Waals surface area contributed by atoms with Crippen LogP contribution in [0.4, 0.5) is 9.52 Å². The lowest BCUT2D eigenvalue weighted by Crippen LogP contribution is -2.37. The van der Waals surface area contributed by atoms with Gasteiger partial charge in [-0.2, -0.15) is 4.37 Å². The summed E-state index contributed by atoms with van der Waals surface area (Å²) in [7, 11) is 0. The fourth-order valence-electron chi connectivity index (χ4n) is 2.53. The van der Waals surface area contributed by atoms with Gasteiger partial charge in [-0.25, -0.2) is 9.37 Å². The Bertz CT molecular complexity index is 594. The topological polar surface area (TPSA) is 38.2 Å². The van der Waals surface area contributed by atoms with Crippen molar-refractivity contribution in [1.29, 1.82) is 0 Å². The molecule has 0 spiro atoms. The molecule has 0 saturated carbocycles. The minimum atomic E-state index is -0.208. The molecule has 22 heavy (non-hydrogen) atoms. The molecule has 6 heteroatoms. The van der Waals surface area contributed by atoms with E-state index in [-0.39, 0.29) is 11.9 Å². The van der Waals surface area contributed by atoms with Gasteiger partial charge in [-0.15, -0.1) is 0 Å². The van der Waals surface area contributed by atoms with Crippen LogP contribution in [0.2, 0.25) is 0 Å². The van der Waals surface area contributed by atoms with Crippen LogP contribution in [0.25, 0.3) is 0 Å². The summed E-state index contributed by atoms with van der Waals surface area (Å²) in [5.41, 5.74) is 1.01. The smallest absolute Gasteiger partial charge is 0.205 e. The number of benzene rings is 1. The van der Waals surface area contributed by atoms with Crippen LogP contribution in [0.5, 0.6) is 0 Å². The predicted molar refractivity (Wildman–Crippen MR) is 85.7 cm³/mol. The van der Waals surface area contributed by atoms with E-state index in [1.807, 2.05) is 0 Å². The molecule has 0 radical (unpaired) electrons. The largest absolute Gasteiger partial charge is 0.373 e. The Morgan fingerprint density at radius 2 is 2.00 bits per heavy atom. The molecule has 3 rings (SSSR count). The maximum atomic E-state index is 12.9. The van der Waals surface area contributed by atoms with Crippen LogP contribution in [-0.2, 0) is 17.8 Å². The van der Waals surface area contributed by atoms with E-state index in [2.05, 4.69) is 21.2 Å². The third-order valence-electron chi connectivity index (χ3n) is 3.89. The van der Waals surface area contributed by atoms with Crippen molar-refractivity contribution in [3.63, 3.8) is 0 Å². The van der Waals surface area contributed by atoms with Gasteiger partial charge in [0.05, 0.1) is 12.7 Å². The molecule has 1 aliphatic rings. The fraction of sp³-hybridized carbons (Fsp3) is 0.500. The van der Waals surface area contributed by atoms with Gasteiger partial charge in [0.2, 0.25) is 5.13 Å². The van der Waals surface area contributed by atoms with Crippen molar-refractivity contribution in [2.24, 2.45) is 0 Å². The lowest BCUT2D eigenvalue weighted by Gasteiger charge is -2.31. The second-order valence-corrected chi connectivity index (χ2v) is 6.20. The Morgan fingerprint density at radius 1 is 1.27 bits per heavy atom. The molecule has 0 atom stereocenters. The lowest BCUT2D eigenvalue weighted by molar-refractivity contribution is 0.0251. The highest BCUT2D eigenvalue weighted by molar-refractivity contribution is 7.09. The summed E-state index contributed by atoms with van der Waals surface area (Å²) in [4.78, 5) is 6.82. The van der Waals surface area contributed by atoms with Gasteiger partial charge in [0.1, 0.15) is 11.6 Å². The van der Waals surface area contributed by atoms with E-state index in [1.165, 1.54) is 23.7 Å². The Morgan fingerprint density at radius 3 is 2.64 bits per heavy atom. The number of hydrogen-bond acceptors (Lipinski definition) is 5. The molecule has 4 nitrogen and oxygen atoms in total. The molecule has 0 unspecified atom stereocenters. The molecule has 0 N–H and O–H groups in total. The lowest BCUT2D eigenvalue weighted by atomic mass is 10.1. The highest BCUT2D eigenvalue weighted by atomic mass is 32.1. The van der Waals surface area contributed by atoms with Crippen molar-refractivity contribution < 1.29 is 9.13 Å². The molecule has 1 aromatic heterocycles. The number of ether oxygens (including phenoxy) is 1. The molecule has 1 aliphatic heterocycles. The summed E-state index contributed by atoms with van der Waals surface area (Å²) in [6.45, 7) is 4.52. The van der Waals surface area contributed by atoms with E-state index in [4.69, 9.17) is 4.74 Å². The van der Waals surface area contributed by atoms with E-state index in [0.29, 0.717) is 6.61 Å². The Labute approximate surface area is 134 Å². The number of rotatable bonds is 5. The number of anilines is 1. The number of aryl methyl sites for hydroxylation is 1. The van der Waals surface area contributed by atoms with Gasteiger partial charge in [0, 0.05) is 31.0 Å². The second-order valence-electron chi connectivity index (χ2n) is 5.47. The zero-order valence-corrected chi connectivity index (χ0v) is 13.5. The monoisotopic (exact) mass is 321 g/mol. The zero-order valence-electron chi connectivity index (χ0n) is 12.7. The average molecular weight is 321 g/mol. The summed E-state index contributed by atoms with van der Waals surface area (Å²) >= 11 is 1.48. The summed E-state index contributed by atoms with van der Waals surface area (Å²) in [6.07, 6.45) is 3.12. The number of aromatic nitrogens is 2. The van der Waals surface area contributed by atoms with Crippen LogP contribution in [0.1, 0.15) is 31.2 Å². The first kappa shape index (κ1) is 15.4. The van der Waals surface area contributed by atoms with Gasteiger partial charge in [-0.1, -0.05) is 19.1 Å². The van der Waals surface area contributed by atoms with Gasteiger partial charge in [-0.05, 0) is 30.5 Å². The van der Waals surface area contributed by atoms with Gasteiger partial charge in [0.25, 0.3) is 0 Å². The van der Waals surface area contributed by atoms with Gasteiger partial charge in [0.15, 0.2) is 0 Å². The molecule has 2 aromatic rings. The fourth-order valence-corrected chi connectivity index (χ4v) is 3.33. The van der Waals surface area contributed by atoms with Gasteiger partial charge in [-0.3, -0.25) is 0 Å². The number of hydrogen-bond donors (Lipinski definition) is 0. The highest BCUT2D eigenvalue weighted by Crippen LogP contribution is 2.23. The molecule has 1 saturated heterocycles. The van der Waals surface area contributed by atoms with Gasteiger partial charge < -0.3 is 9.64 Å². The first-order chi connectivity index (χ1) is 10.7. The van der Waals surface area contributed by atoms with E-state index in [9.17, 15) is 4.39 Å². The van der Waals surface area contributed by atoms with Crippen LogP contribution in [-0.4, -0.2) is 28.6 Å². The number of piperidine rings is 1. The maximum absolute atomic E-state index is 12.9. The maximum Gasteiger partial charge on any atom is 0.205 e. The summed E-state index contributed by atoms with van der Waals surface area (Å²) < 4.78 is 23.1. The Hall–Kier alpha value is -1.53. The molecular formula is C16H20FN3OS. The summed E-state index contributed by atoms with van der Waals surface area (Å²) in [5.74, 6) is 0.718. The molecule has 1 fully saturated rings. The van der Waals surface area contributed by atoms with Crippen LogP contribution in [0.3, 0.4) is 0 Å². The first-order valence-electron chi connectivity index (χ1n) is 7.68. The molecule has 0 aliphatic carbocycles. The normalized spacial score (nSPS) is 16.2. The summed E-state index contributed by atoms with van der Waals surface area (Å²) in [6, 6.07) is 6.50. The van der Waals surface area contributed by atoms with Crippen molar-refractivity contribution in [3.8, 4) is 0 Å². The van der Waals surface area contributed by atoms with E-state index in [0.717, 1.165) is 48.9 Å². The molecule has 0 bridgehead atoms. The Kier molecular flexibility index (Phi) is 5.00. The van der Waals surface area contributed by atoms with Crippen LogP contribution >= 0.6 is 11.5 Å². The number of nitrogens with zero attached hydrogens (tertiary/aromatic N) is 3. The van der Waals surface area contributed by atoms with Crippen molar-refractivity contribution in [2.75, 3.05) is 18.0 Å². The minimum absolute atomic E-state index is 0.208.